The number of nitrogens with zero attached hydrogens (tertiary/aromatic N) is 5. The van der Waals surface area contributed by atoms with Crippen LogP contribution in [0, 0.1) is 5.82 Å². The zero-order chi connectivity index (χ0) is 26.8. The number of hydrogen-bond acceptors (Lipinski definition) is 6. The summed E-state index contributed by atoms with van der Waals surface area (Å²) in [5.74, 6) is -1.47. The summed E-state index contributed by atoms with van der Waals surface area (Å²) in [5, 5.41) is 16.9. The number of piperidine rings is 1. The van der Waals surface area contributed by atoms with Crippen LogP contribution >= 0.6 is 0 Å². The number of carbonyl (C=O) groups is 1. The van der Waals surface area contributed by atoms with Gasteiger partial charge in [-0.2, -0.15) is 5.10 Å². The number of aliphatic hydroxyl groups excluding tert-OH is 1. The van der Waals surface area contributed by atoms with Crippen LogP contribution in [0.1, 0.15) is 73.0 Å². The zero-order valence-corrected chi connectivity index (χ0v) is 21.4. The van der Waals surface area contributed by atoms with Gasteiger partial charge in [0.2, 0.25) is 0 Å². The number of fused-ring (bicyclic) bond motifs is 1. The highest BCUT2D eigenvalue weighted by Crippen LogP contribution is 2.30. The Morgan fingerprint density at radius 2 is 1.87 bits per heavy atom. The molecule has 38 heavy (non-hydrogen) atoms. The third-order valence-electron chi connectivity index (χ3n) is 7.78. The highest BCUT2D eigenvalue weighted by Gasteiger charge is 2.28. The van der Waals surface area contributed by atoms with Crippen molar-refractivity contribution in [3.8, 4) is 0 Å². The zero-order valence-electron chi connectivity index (χ0n) is 21.4. The smallest absolute Gasteiger partial charge is 0.266 e. The lowest BCUT2D eigenvalue weighted by Gasteiger charge is -2.39. The lowest BCUT2D eigenvalue weighted by Crippen LogP contribution is -2.45. The Balaban J connectivity index is 1.31. The van der Waals surface area contributed by atoms with Crippen LogP contribution in [0.25, 0.3) is 5.65 Å². The van der Waals surface area contributed by atoms with Crippen molar-refractivity contribution >= 4 is 17.2 Å². The number of rotatable bonds is 6. The van der Waals surface area contributed by atoms with E-state index in [-0.39, 0.29) is 11.7 Å². The normalized spacial score (nSPS) is 20.6. The number of likely N-dealkylation sites (tertiary alicyclic amines) is 1. The lowest BCUT2D eigenvalue weighted by atomic mass is 10.0. The molecule has 1 amide bonds. The molecule has 0 saturated carbocycles. The first-order chi connectivity index (χ1) is 18.3. The number of alkyl halides is 2. The van der Waals surface area contributed by atoms with Gasteiger partial charge < -0.3 is 20.2 Å². The van der Waals surface area contributed by atoms with Crippen molar-refractivity contribution in [1.29, 1.82) is 0 Å². The van der Waals surface area contributed by atoms with Crippen LogP contribution in [0.5, 0.6) is 0 Å². The number of aliphatic hydroxyl groups is 1. The van der Waals surface area contributed by atoms with Gasteiger partial charge >= 0.3 is 0 Å². The topological polar surface area (TPSA) is 86.0 Å². The summed E-state index contributed by atoms with van der Waals surface area (Å²) in [6.45, 7) is 5.06. The molecule has 8 nitrogen and oxygen atoms in total. The van der Waals surface area contributed by atoms with Gasteiger partial charge in [-0.25, -0.2) is 22.7 Å². The van der Waals surface area contributed by atoms with Crippen molar-refractivity contribution in [1.82, 2.24) is 24.8 Å². The summed E-state index contributed by atoms with van der Waals surface area (Å²) >= 11 is 0. The first-order valence-electron chi connectivity index (χ1n) is 13.2. The summed E-state index contributed by atoms with van der Waals surface area (Å²) in [6.07, 6.45) is 4.46. The molecule has 2 fully saturated rings. The fourth-order valence-electron chi connectivity index (χ4n) is 5.63. The van der Waals surface area contributed by atoms with Gasteiger partial charge in [0.15, 0.2) is 5.65 Å². The van der Waals surface area contributed by atoms with E-state index in [1.54, 1.807) is 23.7 Å². The van der Waals surface area contributed by atoms with Crippen LogP contribution in [0.15, 0.2) is 36.8 Å². The predicted molar refractivity (Wildman–Crippen MR) is 137 cm³/mol. The molecule has 2 atom stereocenters. The summed E-state index contributed by atoms with van der Waals surface area (Å²) in [6, 6.07) is 5.20. The van der Waals surface area contributed by atoms with Gasteiger partial charge in [-0.05, 0) is 51.6 Å². The number of anilines is 1. The third kappa shape index (κ3) is 5.49. The Labute approximate surface area is 219 Å². The van der Waals surface area contributed by atoms with Crippen molar-refractivity contribution in [2.45, 2.75) is 63.6 Å². The van der Waals surface area contributed by atoms with Crippen LogP contribution in [-0.2, 0) is 0 Å². The minimum absolute atomic E-state index is 0.00121. The van der Waals surface area contributed by atoms with Gasteiger partial charge in [0, 0.05) is 37.4 Å². The molecule has 0 unspecified atom stereocenters. The quantitative estimate of drug-likeness (QED) is 0.499. The predicted octanol–water partition coefficient (Wildman–Crippen LogP) is 4.11. The number of benzene rings is 1. The number of pyridine rings is 1. The molecule has 1 aromatic carbocycles. The molecule has 0 bridgehead atoms. The summed E-state index contributed by atoms with van der Waals surface area (Å²) in [5.41, 5.74) is 1.06. The van der Waals surface area contributed by atoms with Crippen LogP contribution < -0.4 is 10.2 Å². The van der Waals surface area contributed by atoms with Gasteiger partial charge in [-0.15, -0.1) is 0 Å². The SMILES string of the molecule is C[C@@H](NC(=O)c1cc(N2CCC(N3CCC[C@H](O)CC3)CC2)c2ncnn2c1)c1cccc(C(F)F)c1F. The van der Waals surface area contributed by atoms with E-state index in [2.05, 4.69) is 25.2 Å². The molecule has 0 aliphatic carbocycles. The number of carbonyl (C=O) groups excluding carboxylic acids is 1. The van der Waals surface area contributed by atoms with Crippen molar-refractivity contribution < 1.29 is 23.1 Å². The molecule has 4 heterocycles. The van der Waals surface area contributed by atoms with Crippen LogP contribution in [0.2, 0.25) is 0 Å². The lowest BCUT2D eigenvalue weighted by molar-refractivity contribution is 0.0938. The highest BCUT2D eigenvalue weighted by atomic mass is 19.3. The molecule has 3 aromatic rings. The monoisotopic (exact) mass is 530 g/mol. The maximum absolute atomic E-state index is 14.6. The van der Waals surface area contributed by atoms with Gasteiger partial charge in [0.05, 0.1) is 29.0 Å². The Kier molecular flexibility index (Phi) is 7.85. The van der Waals surface area contributed by atoms with Crippen molar-refractivity contribution in [2.24, 2.45) is 0 Å². The van der Waals surface area contributed by atoms with E-state index < -0.39 is 29.8 Å². The second kappa shape index (κ2) is 11.3. The average molecular weight is 531 g/mol. The van der Waals surface area contributed by atoms with E-state index in [1.165, 1.54) is 18.5 Å². The number of aromatic nitrogens is 3. The molecule has 0 spiro atoms. The molecule has 0 radical (unpaired) electrons. The molecule has 2 N–H and O–H groups in total. The van der Waals surface area contributed by atoms with E-state index in [0.717, 1.165) is 70.0 Å². The molecule has 2 aliphatic heterocycles. The Hall–Kier alpha value is -3.18. The van der Waals surface area contributed by atoms with Gasteiger partial charge in [-0.3, -0.25) is 4.79 Å². The van der Waals surface area contributed by atoms with Gasteiger partial charge in [-0.1, -0.05) is 18.2 Å². The second-order valence-electron chi connectivity index (χ2n) is 10.2. The van der Waals surface area contributed by atoms with E-state index in [4.69, 9.17) is 0 Å². The fourth-order valence-corrected chi connectivity index (χ4v) is 5.63. The number of nitrogens with one attached hydrogen (secondary N) is 1. The van der Waals surface area contributed by atoms with E-state index in [0.29, 0.717) is 17.3 Å². The molecular formula is C27H33F3N6O2. The minimum atomic E-state index is -2.94. The maximum atomic E-state index is 14.6. The summed E-state index contributed by atoms with van der Waals surface area (Å²) in [7, 11) is 0. The molecule has 2 aromatic heterocycles. The van der Waals surface area contributed by atoms with Crippen LogP contribution in [0.3, 0.4) is 0 Å². The molecule has 2 aliphatic rings. The van der Waals surface area contributed by atoms with Gasteiger partial charge in [0.25, 0.3) is 12.3 Å². The fraction of sp³-hybridized carbons (Fsp3) is 0.519. The number of halogens is 3. The first kappa shape index (κ1) is 26.4. The third-order valence-corrected chi connectivity index (χ3v) is 7.78. The Morgan fingerprint density at radius 3 is 2.63 bits per heavy atom. The first-order valence-corrected chi connectivity index (χ1v) is 13.2. The standard InChI is InChI=1S/C27H33F3N6O2/c1-17(21-5-2-6-22(24(21)28)25(29)30)33-27(38)18-14-23(26-31-16-32-36(26)15-18)35-11-7-19(8-12-35)34-10-3-4-20(37)9-13-34/h2,5-6,14-17,19-20,25,37H,3-4,7-13H2,1H3,(H,33,38)/t17-,20+/m1/s1. The largest absolute Gasteiger partial charge is 0.393 e. The average Bonchev–Trinajstić information content (AvgIpc) is 3.28. The molecule has 2 saturated heterocycles. The molecular weight excluding hydrogens is 497 g/mol. The summed E-state index contributed by atoms with van der Waals surface area (Å²) in [4.78, 5) is 22.3. The summed E-state index contributed by atoms with van der Waals surface area (Å²) < 4.78 is 42.5. The number of hydrogen-bond donors (Lipinski definition) is 2. The van der Waals surface area contributed by atoms with Gasteiger partial charge in [0.1, 0.15) is 12.1 Å². The van der Waals surface area contributed by atoms with E-state index in [1.807, 2.05) is 0 Å². The Bertz CT molecular complexity index is 1280. The highest BCUT2D eigenvalue weighted by molar-refractivity contribution is 5.96. The molecule has 5 rings (SSSR count). The number of amides is 1. The minimum Gasteiger partial charge on any atom is -0.393 e. The second-order valence-corrected chi connectivity index (χ2v) is 10.2. The van der Waals surface area contributed by atoms with Crippen LogP contribution in [-0.4, -0.2) is 68.8 Å². The van der Waals surface area contributed by atoms with Crippen molar-refractivity contribution in [3.63, 3.8) is 0 Å². The maximum Gasteiger partial charge on any atom is 0.266 e. The van der Waals surface area contributed by atoms with Crippen molar-refractivity contribution in [3.05, 3.63) is 59.3 Å². The molecule has 11 heteroatoms. The Morgan fingerprint density at radius 1 is 1.11 bits per heavy atom. The van der Waals surface area contributed by atoms with E-state index >= 15 is 0 Å². The van der Waals surface area contributed by atoms with Crippen molar-refractivity contribution in [2.75, 3.05) is 31.1 Å². The molecule has 204 valence electrons. The van der Waals surface area contributed by atoms with E-state index in [9.17, 15) is 23.1 Å². The van der Waals surface area contributed by atoms with Crippen LogP contribution in [0.4, 0.5) is 18.9 Å².